The second kappa shape index (κ2) is 7.05. The maximum absolute atomic E-state index is 13.3. The molecule has 0 saturated carbocycles. The van der Waals surface area contributed by atoms with E-state index >= 15 is 0 Å². The molecule has 0 fully saturated rings. The number of aromatic nitrogens is 1. The molecule has 2 heterocycles. The number of sulfonamides is 1. The number of pyridine rings is 1. The van der Waals surface area contributed by atoms with E-state index in [2.05, 4.69) is 4.98 Å². The minimum Gasteiger partial charge on any atom is -0.468 e. The van der Waals surface area contributed by atoms with Crippen molar-refractivity contribution in [2.75, 3.05) is 0 Å². The van der Waals surface area contributed by atoms with Gasteiger partial charge < -0.3 is 4.42 Å². The summed E-state index contributed by atoms with van der Waals surface area (Å²) in [5.41, 5.74) is 3.24. The fourth-order valence-electron chi connectivity index (χ4n) is 3.36. The number of furan rings is 1. The molecule has 134 valence electrons. The van der Waals surface area contributed by atoms with Gasteiger partial charge >= 0.3 is 0 Å². The molecule has 0 spiro atoms. The van der Waals surface area contributed by atoms with Gasteiger partial charge in [0.2, 0.25) is 10.0 Å². The van der Waals surface area contributed by atoms with Gasteiger partial charge in [-0.25, -0.2) is 8.42 Å². The van der Waals surface area contributed by atoms with Crippen molar-refractivity contribution < 1.29 is 12.8 Å². The van der Waals surface area contributed by atoms with Gasteiger partial charge in [-0.1, -0.05) is 12.1 Å². The molecule has 3 aromatic rings. The van der Waals surface area contributed by atoms with E-state index < -0.39 is 10.0 Å². The highest BCUT2D eigenvalue weighted by molar-refractivity contribution is 7.89. The van der Waals surface area contributed by atoms with Gasteiger partial charge in [0.1, 0.15) is 5.76 Å². The summed E-state index contributed by atoms with van der Waals surface area (Å²) in [4.78, 5) is 4.43. The van der Waals surface area contributed by atoms with E-state index in [1.165, 1.54) is 9.87 Å². The van der Waals surface area contributed by atoms with E-state index in [1.54, 1.807) is 36.9 Å². The van der Waals surface area contributed by atoms with Crippen LogP contribution in [0.1, 0.15) is 28.9 Å². The molecule has 0 saturated heterocycles. The summed E-state index contributed by atoms with van der Waals surface area (Å²) in [6.07, 6.45) is 7.98. The molecule has 0 radical (unpaired) electrons. The van der Waals surface area contributed by atoms with E-state index in [4.69, 9.17) is 4.42 Å². The third-order valence-corrected chi connectivity index (χ3v) is 6.49. The molecule has 0 N–H and O–H groups in total. The first-order valence-corrected chi connectivity index (χ1v) is 10.1. The molecule has 0 amide bonds. The Labute approximate surface area is 153 Å². The fraction of sp³-hybridized carbons (Fsp3) is 0.250. The first-order valence-electron chi connectivity index (χ1n) is 8.66. The summed E-state index contributed by atoms with van der Waals surface area (Å²) in [5.74, 6) is 0.610. The van der Waals surface area contributed by atoms with Crippen LogP contribution in [0.3, 0.4) is 0 Å². The number of fused-ring (bicyclic) bond motifs is 1. The Morgan fingerprint density at radius 2 is 1.92 bits per heavy atom. The summed E-state index contributed by atoms with van der Waals surface area (Å²) in [6, 6.07) is 12.7. The van der Waals surface area contributed by atoms with Gasteiger partial charge in [-0.05, 0) is 66.3 Å². The molecule has 26 heavy (non-hydrogen) atoms. The van der Waals surface area contributed by atoms with Crippen LogP contribution in [0.4, 0.5) is 0 Å². The Morgan fingerprint density at radius 1 is 1.04 bits per heavy atom. The minimum atomic E-state index is -3.65. The average Bonchev–Trinajstić information content (AvgIpc) is 3.33. The Kier molecular flexibility index (Phi) is 4.61. The zero-order valence-electron chi connectivity index (χ0n) is 14.3. The highest BCUT2D eigenvalue weighted by atomic mass is 32.2. The van der Waals surface area contributed by atoms with Crippen molar-refractivity contribution in [3.05, 3.63) is 83.6 Å². The van der Waals surface area contributed by atoms with Crippen molar-refractivity contribution in [2.24, 2.45) is 0 Å². The van der Waals surface area contributed by atoms with Crippen LogP contribution in [0.2, 0.25) is 0 Å². The smallest absolute Gasteiger partial charge is 0.243 e. The van der Waals surface area contributed by atoms with Crippen molar-refractivity contribution in [3.63, 3.8) is 0 Å². The summed E-state index contributed by atoms with van der Waals surface area (Å²) in [7, 11) is -3.65. The molecule has 0 atom stereocenters. The van der Waals surface area contributed by atoms with E-state index in [0.29, 0.717) is 10.7 Å². The van der Waals surface area contributed by atoms with Crippen LogP contribution in [0.5, 0.6) is 0 Å². The van der Waals surface area contributed by atoms with E-state index in [9.17, 15) is 8.42 Å². The quantitative estimate of drug-likeness (QED) is 0.667. The first-order chi connectivity index (χ1) is 12.6. The molecule has 0 aliphatic heterocycles. The molecule has 4 rings (SSSR count). The third-order valence-electron chi connectivity index (χ3n) is 4.70. The summed E-state index contributed by atoms with van der Waals surface area (Å²) in [6.45, 7) is 0.426. The van der Waals surface area contributed by atoms with Gasteiger partial charge in [0.05, 0.1) is 17.7 Å². The maximum atomic E-state index is 13.3. The summed E-state index contributed by atoms with van der Waals surface area (Å²) < 4.78 is 33.5. The van der Waals surface area contributed by atoms with E-state index in [1.807, 2.05) is 24.3 Å². The number of hydrogen-bond acceptors (Lipinski definition) is 4. The van der Waals surface area contributed by atoms with Crippen LogP contribution in [0.25, 0.3) is 0 Å². The first kappa shape index (κ1) is 17.0. The van der Waals surface area contributed by atoms with Gasteiger partial charge in [0.25, 0.3) is 0 Å². The van der Waals surface area contributed by atoms with Crippen LogP contribution < -0.4 is 0 Å². The standard InChI is InChI=1S/C20H20N2O3S/c23-26(24,20-9-8-17-5-1-6-18(17)12-20)22(15-19-7-3-11-25-19)14-16-4-2-10-21-13-16/h2-4,7-13H,1,5-6,14-15H2. The lowest BCUT2D eigenvalue weighted by Crippen LogP contribution is -2.30. The molecule has 1 aliphatic carbocycles. The SMILES string of the molecule is O=S(=O)(c1ccc2c(c1)CCC2)N(Cc1cccnc1)Cc1ccco1. The molecule has 0 unspecified atom stereocenters. The van der Waals surface area contributed by atoms with Crippen LogP contribution in [-0.4, -0.2) is 17.7 Å². The summed E-state index contributed by atoms with van der Waals surface area (Å²) in [5, 5.41) is 0. The van der Waals surface area contributed by atoms with Crippen molar-refractivity contribution in [3.8, 4) is 0 Å². The van der Waals surface area contributed by atoms with Gasteiger partial charge in [-0.3, -0.25) is 4.98 Å². The van der Waals surface area contributed by atoms with E-state index in [0.717, 1.165) is 30.4 Å². The Morgan fingerprint density at radius 3 is 2.69 bits per heavy atom. The van der Waals surface area contributed by atoms with Crippen LogP contribution in [-0.2, 0) is 36.0 Å². The number of rotatable bonds is 6. The lowest BCUT2D eigenvalue weighted by Gasteiger charge is -2.21. The fourth-order valence-corrected chi connectivity index (χ4v) is 4.80. The number of aryl methyl sites for hydroxylation is 2. The van der Waals surface area contributed by atoms with Crippen LogP contribution in [0, 0.1) is 0 Å². The lowest BCUT2D eigenvalue weighted by atomic mass is 10.1. The van der Waals surface area contributed by atoms with Crippen LogP contribution >= 0.6 is 0 Å². The molecule has 6 heteroatoms. The third kappa shape index (κ3) is 3.43. The Hall–Kier alpha value is -2.44. The second-order valence-corrected chi connectivity index (χ2v) is 8.44. The van der Waals surface area contributed by atoms with Crippen molar-refractivity contribution in [2.45, 2.75) is 37.2 Å². The summed E-state index contributed by atoms with van der Waals surface area (Å²) >= 11 is 0. The zero-order chi connectivity index (χ0) is 18.0. The largest absolute Gasteiger partial charge is 0.468 e. The minimum absolute atomic E-state index is 0.182. The molecule has 1 aliphatic rings. The van der Waals surface area contributed by atoms with Gasteiger partial charge in [-0.2, -0.15) is 4.31 Å². The highest BCUT2D eigenvalue weighted by Gasteiger charge is 2.27. The van der Waals surface area contributed by atoms with Gasteiger partial charge in [0.15, 0.2) is 0 Å². The maximum Gasteiger partial charge on any atom is 0.243 e. The molecule has 5 nitrogen and oxygen atoms in total. The number of benzene rings is 1. The van der Waals surface area contributed by atoms with Gasteiger partial charge in [-0.15, -0.1) is 0 Å². The zero-order valence-corrected chi connectivity index (χ0v) is 15.2. The highest BCUT2D eigenvalue weighted by Crippen LogP contribution is 2.27. The Balaban J connectivity index is 1.69. The number of hydrogen-bond donors (Lipinski definition) is 0. The van der Waals surface area contributed by atoms with Crippen molar-refractivity contribution >= 4 is 10.0 Å². The normalized spacial score (nSPS) is 13.9. The Bertz CT molecular complexity index is 983. The predicted molar refractivity (Wildman–Crippen MR) is 97.8 cm³/mol. The topological polar surface area (TPSA) is 63.4 Å². The molecule has 1 aromatic carbocycles. The van der Waals surface area contributed by atoms with Gasteiger partial charge in [0, 0.05) is 18.9 Å². The molecule has 0 bridgehead atoms. The lowest BCUT2D eigenvalue weighted by molar-refractivity contribution is 0.358. The molecular formula is C20H20N2O3S. The predicted octanol–water partition coefficient (Wildman–Crippen LogP) is 3.55. The number of nitrogens with zero attached hydrogens (tertiary/aromatic N) is 2. The molecular weight excluding hydrogens is 348 g/mol. The van der Waals surface area contributed by atoms with Crippen molar-refractivity contribution in [1.82, 2.24) is 9.29 Å². The van der Waals surface area contributed by atoms with Crippen molar-refractivity contribution in [1.29, 1.82) is 0 Å². The molecule has 2 aromatic heterocycles. The average molecular weight is 368 g/mol. The van der Waals surface area contributed by atoms with E-state index in [-0.39, 0.29) is 13.1 Å². The second-order valence-electron chi connectivity index (χ2n) is 6.50. The monoisotopic (exact) mass is 368 g/mol. The van der Waals surface area contributed by atoms with Crippen LogP contribution in [0.15, 0.2) is 70.4 Å².